The van der Waals surface area contributed by atoms with E-state index in [4.69, 9.17) is 11.6 Å². The largest absolute Gasteiger partial charge is 0.378 e. The predicted molar refractivity (Wildman–Crippen MR) is 96.5 cm³/mol. The van der Waals surface area contributed by atoms with Crippen molar-refractivity contribution < 1.29 is 0 Å². The van der Waals surface area contributed by atoms with Crippen LogP contribution in [-0.2, 0) is 0 Å². The average Bonchev–Trinajstić information content (AvgIpc) is 2.52. The minimum Gasteiger partial charge on any atom is -0.378 e. The Morgan fingerprint density at radius 1 is 0.955 bits per heavy atom. The summed E-state index contributed by atoms with van der Waals surface area (Å²) in [4.78, 5) is 6.46. The van der Waals surface area contributed by atoms with E-state index in [0.717, 1.165) is 16.5 Å². The summed E-state index contributed by atoms with van der Waals surface area (Å²) >= 11 is 6.02. The summed E-state index contributed by atoms with van der Waals surface area (Å²) in [5.41, 5.74) is 4.42. The Morgan fingerprint density at radius 2 is 1.73 bits per heavy atom. The Bertz CT molecular complexity index is 820. The van der Waals surface area contributed by atoms with E-state index in [2.05, 4.69) is 46.3 Å². The lowest BCUT2D eigenvalue weighted by molar-refractivity contribution is 1.13. The molecule has 1 heterocycles. The molecule has 0 saturated heterocycles. The van der Waals surface area contributed by atoms with Crippen LogP contribution in [0.3, 0.4) is 0 Å². The van der Waals surface area contributed by atoms with Gasteiger partial charge in [0.15, 0.2) is 0 Å². The monoisotopic (exact) mass is 308 g/mol. The highest BCUT2D eigenvalue weighted by Gasteiger charge is 2.00. The van der Waals surface area contributed by atoms with Crippen LogP contribution in [0, 0.1) is 0 Å². The van der Waals surface area contributed by atoms with E-state index < -0.39 is 0 Å². The van der Waals surface area contributed by atoms with Gasteiger partial charge in [-0.05, 0) is 41.5 Å². The third-order valence-corrected chi connectivity index (χ3v) is 3.84. The van der Waals surface area contributed by atoms with Crippen molar-refractivity contribution in [1.29, 1.82) is 0 Å². The molecule has 0 unspecified atom stereocenters. The van der Waals surface area contributed by atoms with E-state index in [1.807, 2.05) is 44.6 Å². The highest BCUT2D eigenvalue weighted by molar-refractivity contribution is 6.31. The van der Waals surface area contributed by atoms with Gasteiger partial charge in [-0.25, -0.2) is 0 Å². The summed E-state index contributed by atoms with van der Waals surface area (Å²) in [6, 6.07) is 16.3. The zero-order valence-corrected chi connectivity index (χ0v) is 13.4. The number of anilines is 1. The van der Waals surface area contributed by atoms with E-state index in [1.165, 1.54) is 11.3 Å². The Balaban J connectivity index is 1.92. The number of halogens is 1. The fourth-order valence-electron chi connectivity index (χ4n) is 2.36. The zero-order valence-electron chi connectivity index (χ0n) is 12.6. The molecule has 0 aliphatic carbocycles. The van der Waals surface area contributed by atoms with Crippen molar-refractivity contribution in [1.82, 2.24) is 4.98 Å². The van der Waals surface area contributed by atoms with Crippen LogP contribution in [0.25, 0.3) is 23.1 Å². The molecule has 110 valence electrons. The molecular weight excluding hydrogens is 292 g/mol. The van der Waals surface area contributed by atoms with Crippen molar-refractivity contribution in [2.24, 2.45) is 0 Å². The molecule has 1 aromatic heterocycles. The highest BCUT2D eigenvalue weighted by Crippen LogP contribution is 2.22. The Labute approximate surface area is 135 Å². The molecule has 0 amide bonds. The number of aromatic nitrogens is 1. The van der Waals surface area contributed by atoms with Gasteiger partial charge in [-0.15, -0.1) is 0 Å². The second-order valence-corrected chi connectivity index (χ2v) is 5.82. The van der Waals surface area contributed by atoms with Crippen LogP contribution < -0.4 is 4.90 Å². The first-order chi connectivity index (χ1) is 10.6. The lowest BCUT2D eigenvalue weighted by Crippen LogP contribution is -2.07. The van der Waals surface area contributed by atoms with Crippen LogP contribution in [-0.4, -0.2) is 19.1 Å². The second kappa shape index (κ2) is 6.20. The fourth-order valence-corrected chi connectivity index (χ4v) is 2.52. The first-order valence-corrected chi connectivity index (χ1v) is 7.51. The van der Waals surface area contributed by atoms with Crippen molar-refractivity contribution in [3.63, 3.8) is 0 Å². The molecule has 0 atom stereocenters. The van der Waals surface area contributed by atoms with Crippen molar-refractivity contribution in [2.75, 3.05) is 19.0 Å². The van der Waals surface area contributed by atoms with Crippen molar-refractivity contribution >= 4 is 40.3 Å². The molecule has 3 heteroatoms. The summed E-state index contributed by atoms with van der Waals surface area (Å²) < 4.78 is 0. The number of nitrogens with zero attached hydrogens (tertiary/aromatic N) is 2. The van der Waals surface area contributed by atoms with E-state index in [9.17, 15) is 0 Å². The zero-order chi connectivity index (χ0) is 15.5. The Morgan fingerprint density at radius 3 is 2.45 bits per heavy atom. The van der Waals surface area contributed by atoms with Gasteiger partial charge in [0.05, 0.1) is 5.52 Å². The molecule has 0 spiro atoms. The van der Waals surface area contributed by atoms with Gasteiger partial charge in [0.1, 0.15) is 0 Å². The maximum atomic E-state index is 6.02. The average molecular weight is 309 g/mol. The van der Waals surface area contributed by atoms with Crippen LogP contribution in [0.15, 0.2) is 54.7 Å². The molecule has 0 fully saturated rings. The maximum Gasteiger partial charge on any atom is 0.0722 e. The first kappa shape index (κ1) is 14.6. The molecule has 0 saturated carbocycles. The quantitative estimate of drug-likeness (QED) is 0.667. The smallest absolute Gasteiger partial charge is 0.0722 e. The number of fused-ring (bicyclic) bond motifs is 1. The fraction of sp³-hybridized carbons (Fsp3) is 0.105. The van der Waals surface area contributed by atoms with Gasteiger partial charge in [-0.3, -0.25) is 4.98 Å². The molecule has 3 rings (SSSR count). The third kappa shape index (κ3) is 3.12. The van der Waals surface area contributed by atoms with Gasteiger partial charge >= 0.3 is 0 Å². The molecule has 2 nitrogen and oxygen atoms in total. The molecule has 22 heavy (non-hydrogen) atoms. The normalized spacial score (nSPS) is 11.2. The van der Waals surface area contributed by atoms with E-state index in [1.54, 1.807) is 0 Å². The summed E-state index contributed by atoms with van der Waals surface area (Å²) in [5, 5.41) is 1.81. The minimum atomic E-state index is 0.709. The molecule has 0 bridgehead atoms. The summed E-state index contributed by atoms with van der Waals surface area (Å²) in [6.07, 6.45) is 6.04. The lowest BCUT2D eigenvalue weighted by atomic mass is 10.1. The molecule has 3 aromatic rings. The molecule has 0 radical (unpaired) electrons. The van der Waals surface area contributed by atoms with Gasteiger partial charge in [-0.2, -0.15) is 0 Å². The van der Waals surface area contributed by atoms with E-state index in [-0.39, 0.29) is 0 Å². The standard InChI is InChI=1S/C19H17ClN2/c1-22(2)17-8-4-14(5-9-17)3-6-15-11-12-21-19-13-16(20)7-10-18(15)19/h3-13H,1-2H3/b6-3-. The lowest BCUT2D eigenvalue weighted by Gasteiger charge is -2.11. The third-order valence-electron chi connectivity index (χ3n) is 3.60. The predicted octanol–water partition coefficient (Wildman–Crippen LogP) is 5.12. The maximum absolute atomic E-state index is 6.02. The van der Waals surface area contributed by atoms with Gasteiger partial charge in [0, 0.05) is 36.4 Å². The topological polar surface area (TPSA) is 16.1 Å². The second-order valence-electron chi connectivity index (χ2n) is 5.38. The number of hydrogen-bond donors (Lipinski definition) is 0. The summed E-state index contributed by atoms with van der Waals surface area (Å²) in [5.74, 6) is 0. The number of rotatable bonds is 3. The molecule has 0 aliphatic heterocycles. The van der Waals surface area contributed by atoms with Crippen LogP contribution >= 0.6 is 11.6 Å². The van der Waals surface area contributed by atoms with Crippen LogP contribution in [0.5, 0.6) is 0 Å². The van der Waals surface area contributed by atoms with Gasteiger partial charge < -0.3 is 4.90 Å². The SMILES string of the molecule is CN(C)c1ccc(/C=C\c2ccnc3cc(Cl)ccc23)cc1. The number of pyridine rings is 1. The number of benzene rings is 2. The van der Waals surface area contributed by atoms with Crippen molar-refractivity contribution in [3.8, 4) is 0 Å². The van der Waals surface area contributed by atoms with Crippen molar-refractivity contribution in [2.45, 2.75) is 0 Å². The Kier molecular flexibility index (Phi) is 4.12. The van der Waals surface area contributed by atoms with Crippen LogP contribution in [0.1, 0.15) is 11.1 Å². The first-order valence-electron chi connectivity index (χ1n) is 7.13. The van der Waals surface area contributed by atoms with Gasteiger partial charge in [0.25, 0.3) is 0 Å². The van der Waals surface area contributed by atoms with E-state index >= 15 is 0 Å². The van der Waals surface area contributed by atoms with Crippen LogP contribution in [0.4, 0.5) is 5.69 Å². The highest BCUT2D eigenvalue weighted by atomic mass is 35.5. The summed E-state index contributed by atoms with van der Waals surface area (Å²) in [7, 11) is 4.08. The minimum absolute atomic E-state index is 0.709. The Hall–Kier alpha value is -2.32. The van der Waals surface area contributed by atoms with Crippen molar-refractivity contribution in [3.05, 3.63) is 70.9 Å². The number of hydrogen-bond acceptors (Lipinski definition) is 2. The molecule has 2 aromatic carbocycles. The van der Waals surface area contributed by atoms with Gasteiger partial charge in [0.2, 0.25) is 0 Å². The van der Waals surface area contributed by atoms with E-state index in [0.29, 0.717) is 5.02 Å². The van der Waals surface area contributed by atoms with Crippen LogP contribution in [0.2, 0.25) is 5.02 Å². The molecular formula is C19H17ClN2. The summed E-state index contributed by atoms with van der Waals surface area (Å²) in [6.45, 7) is 0. The molecule has 0 aliphatic rings. The van der Waals surface area contributed by atoms with Gasteiger partial charge in [-0.1, -0.05) is 42.0 Å². The molecule has 0 N–H and O–H groups in total.